The number of ether oxygens (including phenoxy) is 1. The summed E-state index contributed by atoms with van der Waals surface area (Å²) < 4.78 is 5.90. The number of aliphatic hydroxyl groups is 1. The van der Waals surface area contributed by atoms with Crippen LogP contribution in [0.25, 0.3) is 11.1 Å². The van der Waals surface area contributed by atoms with Crippen molar-refractivity contribution in [3.63, 3.8) is 0 Å². The second-order valence-electron chi connectivity index (χ2n) is 10.1. The predicted octanol–water partition coefficient (Wildman–Crippen LogP) is 5.51. The molecule has 0 aliphatic carbocycles. The average molecular weight is 571 g/mol. The van der Waals surface area contributed by atoms with Gasteiger partial charge in [-0.15, -0.1) is 5.06 Å². The minimum Gasteiger partial charge on any atom is -0.492 e. The van der Waals surface area contributed by atoms with Gasteiger partial charge in [0.15, 0.2) is 0 Å². The Morgan fingerprint density at radius 3 is 2.07 bits per heavy atom. The molecular weight excluding hydrogens is 532 g/mol. The molecule has 220 valence electrons. The van der Waals surface area contributed by atoms with Crippen molar-refractivity contribution in [2.45, 2.75) is 58.1 Å². The Morgan fingerprint density at radius 2 is 1.45 bits per heavy atom. The maximum atomic E-state index is 11.9. The molecule has 3 aromatic carbocycles. The third kappa shape index (κ3) is 8.61. The third-order valence-electron chi connectivity index (χ3n) is 7.04. The van der Waals surface area contributed by atoms with Crippen molar-refractivity contribution in [2.75, 3.05) is 13.2 Å². The van der Waals surface area contributed by atoms with E-state index in [-0.39, 0.29) is 19.3 Å². The number of imide groups is 1. The molecule has 4 rings (SSSR count). The molecule has 0 radical (unpaired) electrons. The average Bonchev–Trinajstić information content (AvgIpc) is 3.33. The van der Waals surface area contributed by atoms with E-state index in [0.717, 1.165) is 17.7 Å². The number of nitrogens with one attached hydrogen (secondary N) is 1. The summed E-state index contributed by atoms with van der Waals surface area (Å²) in [7, 11) is 0. The summed E-state index contributed by atoms with van der Waals surface area (Å²) >= 11 is 0. The van der Waals surface area contributed by atoms with E-state index in [9.17, 15) is 19.5 Å². The van der Waals surface area contributed by atoms with Gasteiger partial charge in [-0.25, -0.2) is 4.79 Å². The fourth-order valence-corrected chi connectivity index (χ4v) is 4.91. The van der Waals surface area contributed by atoms with Crippen molar-refractivity contribution in [3.05, 3.63) is 102 Å². The highest BCUT2D eigenvalue weighted by Gasteiger charge is 2.32. The summed E-state index contributed by atoms with van der Waals surface area (Å²) in [6.07, 6.45) is 1.85. The summed E-state index contributed by atoms with van der Waals surface area (Å²) in [5.74, 6) is -0.867. The van der Waals surface area contributed by atoms with Gasteiger partial charge in [0.1, 0.15) is 18.6 Å². The van der Waals surface area contributed by atoms with Crippen LogP contribution in [-0.4, -0.2) is 47.3 Å². The zero-order valence-corrected chi connectivity index (χ0v) is 24.0. The molecule has 0 spiro atoms. The largest absolute Gasteiger partial charge is 0.492 e. The van der Waals surface area contributed by atoms with Gasteiger partial charge < -0.3 is 14.7 Å². The SMILES string of the molecule is CC/C(=C(/c1ccccc1)c1ccc(OCCNC(O)CCCCC(=O)ON2C(=O)CCC2=O)cc1)c1ccccc1. The Labute approximate surface area is 246 Å². The Morgan fingerprint density at radius 1 is 0.857 bits per heavy atom. The van der Waals surface area contributed by atoms with E-state index in [1.807, 2.05) is 24.3 Å². The number of unbranched alkanes of at least 4 members (excludes halogenated alkanes) is 1. The van der Waals surface area contributed by atoms with Crippen LogP contribution in [0.5, 0.6) is 5.75 Å². The lowest BCUT2D eigenvalue weighted by molar-refractivity contribution is -0.197. The van der Waals surface area contributed by atoms with Gasteiger partial charge in [-0.3, -0.25) is 14.9 Å². The molecule has 2 N–H and O–H groups in total. The van der Waals surface area contributed by atoms with Crippen LogP contribution in [0.3, 0.4) is 0 Å². The number of rotatable bonds is 15. The molecule has 0 aromatic heterocycles. The summed E-state index contributed by atoms with van der Waals surface area (Å²) in [4.78, 5) is 39.7. The lowest BCUT2D eigenvalue weighted by Gasteiger charge is -2.17. The molecule has 1 heterocycles. The smallest absolute Gasteiger partial charge is 0.333 e. The van der Waals surface area contributed by atoms with Crippen LogP contribution in [0.4, 0.5) is 0 Å². The monoisotopic (exact) mass is 570 g/mol. The van der Waals surface area contributed by atoms with Gasteiger partial charge in [0.2, 0.25) is 0 Å². The number of allylic oxidation sites excluding steroid dienone is 1. The second-order valence-corrected chi connectivity index (χ2v) is 10.1. The summed E-state index contributed by atoms with van der Waals surface area (Å²) in [5.41, 5.74) is 5.97. The highest BCUT2D eigenvalue weighted by Crippen LogP contribution is 2.34. The maximum Gasteiger partial charge on any atom is 0.333 e. The molecule has 1 saturated heterocycles. The fourth-order valence-electron chi connectivity index (χ4n) is 4.91. The summed E-state index contributed by atoms with van der Waals surface area (Å²) in [6.45, 7) is 3.01. The summed E-state index contributed by atoms with van der Waals surface area (Å²) in [5, 5.41) is 13.8. The van der Waals surface area contributed by atoms with Crippen LogP contribution >= 0.6 is 0 Å². The standard InChI is InChI=1S/C34H38N2O6/c1-2-29(25-11-5-3-6-12-25)34(26-13-7-4-8-14-26)27-17-19-28(20-18-27)41-24-23-35-30(37)15-9-10-16-33(40)42-36-31(38)21-22-32(36)39/h3-8,11-14,17-20,30,35,37H,2,9-10,15-16,21-24H2,1H3/b34-29+. The quantitative estimate of drug-likeness (QED) is 0.107. The number of hydrogen-bond donors (Lipinski definition) is 2. The molecule has 2 amide bonds. The van der Waals surface area contributed by atoms with Crippen molar-refractivity contribution in [2.24, 2.45) is 0 Å². The fraction of sp³-hybridized carbons (Fsp3) is 0.324. The van der Waals surface area contributed by atoms with Crippen LogP contribution in [0.1, 0.15) is 68.6 Å². The molecule has 1 unspecified atom stereocenters. The van der Waals surface area contributed by atoms with Crippen molar-refractivity contribution < 1.29 is 29.1 Å². The molecule has 8 nitrogen and oxygen atoms in total. The second kappa shape index (κ2) is 15.7. The number of carbonyl (C=O) groups is 3. The molecule has 8 heteroatoms. The van der Waals surface area contributed by atoms with E-state index in [4.69, 9.17) is 9.57 Å². The number of aliphatic hydroxyl groups excluding tert-OH is 1. The van der Waals surface area contributed by atoms with Crippen molar-refractivity contribution in [1.29, 1.82) is 0 Å². The number of amides is 2. The summed E-state index contributed by atoms with van der Waals surface area (Å²) in [6, 6.07) is 29.0. The lowest BCUT2D eigenvalue weighted by atomic mass is 9.88. The first-order valence-corrected chi connectivity index (χ1v) is 14.5. The minimum absolute atomic E-state index is 0.0646. The first-order valence-electron chi connectivity index (χ1n) is 14.5. The lowest BCUT2D eigenvalue weighted by Crippen LogP contribution is -2.32. The molecule has 0 saturated carbocycles. The zero-order valence-electron chi connectivity index (χ0n) is 24.0. The van der Waals surface area contributed by atoms with Crippen LogP contribution in [0.2, 0.25) is 0 Å². The van der Waals surface area contributed by atoms with Crippen molar-refractivity contribution >= 4 is 28.9 Å². The normalized spacial score (nSPS) is 14.5. The van der Waals surface area contributed by atoms with Gasteiger partial charge in [0.25, 0.3) is 11.8 Å². The Hall–Kier alpha value is -4.27. The Kier molecular flexibility index (Phi) is 11.4. The van der Waals surface area contributed by atoms with E-state index < -0.39 is 24.0 Å². The number of nitrogens with zero attached hydrogens (tertiary/aromatic N) is 1. The first-order chi connectivity index (χ1) is 20.5. The number of hydroxylamine groups is 2. The highest BCUT2D eigenvalue weighted by molar-refractivity contribution is 6.01. The van der Waals surface area contributed by atoms with Crippen molar-refractivity contribution in [3.8, 4) is 5.75 Å². The third-order valence-corrected chi connectivity index (χ3v) is 7.04. The van der Waals surface area contributed by atoms with Crippen LogP contribution in [-0.2, 0) is 19.2 Å². The van der Waals surface area contributed by atoms with E-state index >= 15 is 0 Å². The topological polar surface area (TPSA) is 105 Å². The molecule has 1 fully saturated rings. The molecule has 3 aromatic rings. The number of benzene rings is 3. The van der Waals surface area contributed by atoms with Gasteiger partial charge in [-0.05, 0) is 65.7 Å². The van der Waals surface area contributed by atoms with Crippen LogP contribution in [0, 0.1) is 0 Å². The van der Waals surface area contributed by atoms with E-state index in [1.165, 1.54) is 22.3 Å². The van der Waals surface area contributed by atoms with Crippen molar-refractivity contribution in [1.82, 2.24) is 10.4 Å². The minimum atomic E-state index is -0.738. The van der Waals surface area contributed by atoms with Gasteiger partial charge in [0, 0.05) is 25.8 Å². The number of hydrogen-bond acceptors (Lipinski definition) is 7. The molecule has 1 aliphatic heterocycles. The molecular formula is C34H38N2O6. The molecule has 42 heavy (non-hydrogen) atoms. The zero-order chi connectivity index (χ0) is 29.7. The Balaban J connectivity index is 1.22. The predicted molar refractivity (Wildman–Crippen MR) is 161 cm³/mol. The maximum absolute atomic E-state index is 11.9. The number of carbonyl (C=O) groups excluding carboxylic acids is 3. The van der Waals surface area contributed by atoms with E-state index in [2.05, 4.69) is 72.9 Å². The Bertz CT molecular complexity index is 1340. The van der Waals surface area contributed by atoms with Gasteiger partial charge in [0.05, 0.1) is 0 Å². The van der Waals surface area contributed by atoms with Gasteiger partial charge in [-0.1, -0.05) is 79.7 Å². The molecule has 1 atom stereocenters. The highest BCUT2D eigenvalue weighted by atomic mass is 16.7. The molecule has 0 bridgehead atoms. The van der Waals surface area contributed by atoms with Crippen LogP contribution in [0.15, 0.2) is 84.9 Å². The molecule has 1 aliphatic rings. The van der Waals surface area contributed by atoms with Gasteiger partial charge in [-0.2, -0.15) is 0 Å². The first kappa shape index (κ1) is 30.7. The van der Waals surface area contributed by atoms with E-state index in [0.29, 0.717) is 37.5 Å². The van der Waals surface area contributed by atoms with Gasteiger partial charge >= 0.3 is 5.97 Å². The van der Waals surface area contributed by atoms with E-state index in [1.54, 1.807) is 0 Å². The van der Waals surface area contributed by atoms with Crippen LogP contribution < -0.4 is 10.1 Å².